The minimum atomic E-state index is -4.36. The molecule has 0 fully saturated rings. The zero-order valence-corrected chi connectivity index (χ0v) is 11.5. The van der Waals surface area contributed by atoms with Gasteiger partial charge >= 0.3 is 6.18 Å². The first-order valence-electron chi connectivity index (χ1n) is 6.14. The fourth-order valence-electron chi connectivity index (χ4n) is 2.00. The minimum Gasteiger partial charge on any atom is -0.324 e. The van der Waals surface area contributed by atoms with Gasteiger partial charge in [0, 0.05) is 11.1 Å². The van der Waals surface area contributed by atoms with Crippen LogP contribution in [0, 0.1) is 5.82 Å². The van der Waals surface area contributed by atoms with Crippen LogP contribution in [0.5, 0.6) is 0 Å². The second-order valence-electron chi connectivity index (χ2n) is 4.67. The van der Waals surface area contributed by atoms with Crippen molar-refractivity contribution in [2.75, 3.05) is 0 Å². The van der Waals surface area contributed by atoms with E-state index in [-0.39, 0.29) is 5.02 Å². The minimum absolute atomic E-state index is 0.203. The van der Waals surface area contributed by atoms with Crippen LogP contribution in [0.15, 0.2) is 42.5 Å². The van der Waals surface area contributed by atoms with Crippen molar-refractivity contribution in [3.05, 3.63) is 70.0 Å². The molecule has 6 heteroatoms. The standard InChI is InChI=1S/C15H12ClF4N/c16-13-8-11(17)5-6-12(13)14(21)7-9-1-3-10(4-2-9)15(18,19)20/h1-6,8,14H,7,21H2. The Bertz CT molecular complexity index is 623. The average Bonchev–Trinajstić information content (AvgIpc) is 2.38. The van der Waals surface area contributed by atoms with Crippen LogP contribution < -0.4 is 5.73 Å². The molecule has 2 N–H and O–H groups in total. The van der Waals surface area contributed by atoms with Crippen LogP contribution >= 0.6 is 11.6 Å². The van der Waals surface area contributed by atoms with Crippen LogP contribution in [0.2, 0.25) is 5.02 Å². The zero-order valence-electron chi connectivity index (χ0n) is 10.8. The van der Waals surface area contributed by atoms with Gasteiger partial charge in [0.2, 0.25) is 0 Å². The number of rotatable bonds is 3. The summed E-state index contributed by atoms with van der Waals surface area (Å²) in [4.78, 5) is 0. The average molecular weight is 318 g/mol. The molecule has 0 aliphatic carbocycles. The summed E-state index contributed by atoms with van der Waals surface area (Å²) >= 11 is 5.91. The number of hydrogen-bond donors (Lipinski definition) is 1. The summed E-state index contributed by atoms with van der Waals surface area (Å²) in [6.07, 6.45) is -4.05. The van der Waals surface area contributed by atoms with Gasteiger partial charge < -0.3 is 5.73 Å². The van der Waals surface area contributed by atoms with E-state index in [9.17, 15) is 17.6 Å². The van der Waals surface area contributed by atoms with E-state index in [0.717, 1.165) is 18.2 Å². The maximum atomic E-state index is 13.0. The molecule has 2 aromatic carbocycles. The normalized spacial score (nSPS) is 13.2. The molecule has 0 aliphatic heterocycles. The van der Waals surface area contributed by atoms with Crippen molar-refractivity contribution in [3.63, 3.8) is 0 Å². The van der Waals surface area contributed by atoms with E-state index in [1.54, 1.807) is 0 Å². The molecular formula is C15H12ClF4N. The highest BCUT2D eigenvalue weighted by molar-refractivity contribution is 6.31. The summed E-state index contributed by atoms with van der Waals surface area (Å²) in [6.45, 7) is 0. The van der Waals surface area contributed by atoms with Crippen molar-refractivity contribution in [1.29, 1.82) is 0 Å². The summed E-state index contributed by atoms with van der Waals surface area (Å²) in [5, 5.41) is 0.203. The molecule has 1 unspecified atom stereocenters. The molecule has 0 saturated carbocycles. The summed E-state index contributed by atoms with van der Waals surface area (Å²) in [5.74, 6) is -0.467. The van der Waals surface area contributed by atoms with Crippen LogP contribution in [0.1, 0.15) is 22.7 Å². The van der Waals surface area contributed by atoms with Gasteiger partial charge in [0.15, 0.2) is 0 Å². The van der Waals surface area contributed by atoms with Crippen molar-refractivity contribution >= 4 is 11.6 Å². The molecule has 2 rings (SSSR count). The first-order chi connectivity index (χ1) is 9.77. The second kappa shape index (κ2) is 6.03. The molecule has 0 spiro atoms. The van der Waals surface area contributed by atoms with Gasteiger partial charge in [-0.15, -0.1) is 0 Å². The quantitative estimate of drug-likeness (QED) is 0.813. The van der Waals surface area contributed by atoms with Crippen LogP contribution in [-0.4, -0.2) is 0 Å². The van der Waals surface area contributed by atoms with E-state index < -0.39 is 23.6 Å². The van der Waals surface area contributed by atoms with E-state index in [4.69, 9.17) is 17.3 Å². The molecule has 0 aromatic heterocycles. The molecule has 1 nitrogen and oxygen atoms in total. The monoisotopic (exact) mass is 317 g/mol. The molecule has 0 aliphatic rings. The molecule has 1 atom stereocenters. The molecule has 0 bridgehead atoms. The van der Waals surface area contributed by atoms with Gasteiger partial charge in [0.25, 0.3) is 0 Å². The molecule has 21 heavy (non-hydrogen) atoms. The third kappa shape index (κ3) is 3.95. The Labute approximate surface area is 124 Å². The van der Waals surface area contributed by atoms with Gasteiger partial charge in [-0.3, -0.25) is 0 Å². The van der Waals surface area contributed by atoms with Gasteiger partial charge in [-0.25, -0.2) is 4.39 Å². The predicted octanol–water partition coefficient (Wildman–Crippen LogP) is 4.74. The van der Waals surface area contributed by atoms with Crippen molar-refractivity contribution in [3.8, 4) is 0 Å². The first kappa shape index (κ1) is 15.8. The van der Waals surface area contributed by atoms with E-state index in [1.165, 1.54) is 24.3 Å². The molecule has 2 aromatic rings. The SMILES string of the molecule is NC(Cc1ccc(C(F)(F)F)cc1)c1ccc(F)cc1Cl. The van der Waals surface area contributed by atoms with Crippen molar-refractivity contribution < 1.29 is 17.6 Å². The second-order valence-corrected chi connectivity index (χ2v) is 5.08. The van der Waals surface area contributed by atoms with Crippen molar-refractivity contribution in [2.24, 2.45) is 5.73 Å². The molecule has 0 heterocycles. The highest BCUT2D eigenvalue weighted by atomic mass is 35.5. The Morgan fingerprint density at radius 2 is 1.67 bits per heavy atom. The largest absolute Gasteiger partial charge is 0.416 e. The van der Waals surface area contributed by atoms with Crippen LogP contribution in [0.25, 0.3) is 0 Å². The predicted molar refractivity (Wildman–Crippen MR) is 73.5 cm³/mol. The lowest BCUT2D eigenvalue weighted by atomic mass is 9.99. The number of hydrogen-bond acceptors (Lipinski definition) is 1. The van der Waals surface area contributed by atoms with E-state index in [2.05, 4.69) is 0 Å². The first-order valence-corrected chi connectivity index (χ1v) is 6.52. The summed E-state index contributed by atoms with van der Waals surface area (Å²) < 4.78 is 50.3. The number of alkyl halides is 3. The Morgan fingerprint density at radius 1 is 1.05 bits per heavy atom. The Morgan fingerprint density at radius 3 is 2.19 bits per heavy atom. The summed E-state index contributed by atoms with van der Waals surface area (Å²) in [6, 6.07) is 8.13. The van der Waals surface area contributed by atoms with Crippen LogP contribution in [0.3, 0.4) is 0 Å². The number of benzene rings is 2. The Kier molecular flexibility index (Phi) is 4.54. The summed E-state index contributed by atoms with van der Waals surface area (Å²) in [7, 11) is 0. The fourth-order valence-corrected chi connectivity index (χ4v) is 2.30. The zero-order chi connectivity index (χ0) is 15.6. The van der Waals surface area contributed by atoms with Crippen LogP contribution in [0.4, 0.5) is 17.6 Å². The van der Waals surface area contributed by atoms with E-state index in [1.807, 2.05) is 0 Å². The number of halogens is 5. The van der Waals surface area contributed by atoms with Gasteiger partial charge in [0.1, 0.15) is 5.82 Å². The van der Waals surface area contributed by atoms with Gasteiger partial charge in [-0.2, -0.15) is 13.2 Å². The molecule has 0 saturated heterocycles. The third-order valence-electron chi connectivity index (χ3n) is 3.10. The molecule has 0 radical (unpaired) electrons. The lowest BCUT2D eigenvalue weighted by molar-refractivity contribution is -0.137. The van der Waals surface area contributed by atoms with E-state index >= 15 is 0 Å². The lowest BCUT2D eigenvalue weighted by Gasteiger charge is -2.14. The maximum Gasteiger partial charge on any atom is 0.416 e. The molecular weight excluding hydrogens is 306 g/mol. The number of nitrogens with two attached hydrogens (primary N) is 1. The molecule has 112 valence electrons. The smallest absolute Gasteiger partial charge is 0.324 e. The van der Waals surface area contributed by atoms with Gasteiger partial charge in [-0.1, -0.05) is 29.8 Å². The topological polar surface area (TPSA) is 26.0 Å². The van der Waals surface area contributed by atoms with Gasteiger partial charge in [-0.05, 0) is 41.8 Å². The summed E-state index contributed by atoms with van der Waals surface area (Å²) in [5.41, 5.74) is 6.47. The Hall–Kier alpha value is -1.59. The maximum absolute atomic E-state index is 13.0. The lowest BCUT2D eigenvalue weighted by Crippen LogP contribution is -2.14. The van der Waals surface area contributed by atoms with E-state index in [0.29, 0.717) is 17.5 Å². The van der Waals surface area contributed by atoms with Crippen molar-refractivity contribution in [1.82, 2.24) is 0 Å². The van der Waals surface area contributed by atoms with Crippen LogP contribution in [-0.2, 0) is 12.6 Å². The highest BCUT2D eigenvalue weighted by Gasteiger charge is 2.29. The fraction of sp³-hybridized carbons (Fsp3) is 0.200. The third-order valence-corrected chi connectivity index (χ3v) is 3.43. The molecule has 0 amide bonds. The highest BCUT2D eigenvalue weighted by Crippen LogP contribution is 2.30. The van der Waals surface area contributed by atoms with Gasteiger partial charge in [0.05, 0.1) is 5.56 Å². The Balaban J connectivity index is 2.14. The van der Waals surface area contributed by atoms with Crippen molar-refractivity contribution in [2.45, 2.75) is 18.6 Å².